The number of hydrogen-bond donors (Lipinski definition) is 2. The smallest absolute Gasteiger partial charge is 0.0900 e. The van der Waals surface area contributed by atoms with Gasteiger partial charge in [-0.25, -0.2) is 0 Å². The third-order valence-electron chi connectivity index (χ3n) is 4.16. The van der Waals surface area contributed by atoms with Gasteiger partial charge in [0.1, 0.15) is 0 Å². The number of likely N-dealkylation sites (tertiary alicyclic amines) is 1. The molecule has 1 atom stereocenters. The number of piperidine rings is 1. The molecule has 0 aliphatic carbocycles. The molecule has 1 aliphatic rings. The van der Waals surface area contributed by atoms with E-state index in [9.17, 15) is 5.11 Å². The summed E-state index contributed by atoms with van der Waals surface area (Å²) in [6.45, 7) is 7.68. The Hall–Kier alpha value is -0.950. The molecule has 0 radical (unpaired) electrons. The van der Waals surface area contributed by atoms with Gasteiger partial charge in [-0.3, -0.25) is 4.68 Å². The molecule has 1 fully saturated rings. The van der Waals surface area contributed by atoms with Crippen molar-refractivity contribution in [1.82, 2.24) is 14.7 Å². The summed E-state index contributed by atoms with van der Waals surface area (Å²) in [6, 6.07) is 2.06. The number of rotatable bonds is 8. The van der Waals surface area contributed by atoms with Crippen molar-refractivity contribution in [3.8, 4) is 0 Å². The molecule has 1 aliphatic heterocycles. The second-order valence-electron chi connectivity index (χ2n) is 6.31. The van der Waals surface area contributed by atoms with Crippen LogP contribution in [0.2, 0.25) is 0 Å². The van der Waals surface area contributed by atoms with Gasteiger partial charge in [-0.1, -0.05) is 0 Å². The zero-order valence-corrected chi connectivity index (χ0v) is 13.7. The average Bonchev–Trinajstić information content (AvgIpc) is 2.95. The van der Waals surface area contributed by atoms with E-state index in [0.29, 0.717) is 25.6 Å². The van der Waals surface area contributed by atoms with Crippen LogP contribution in [-0.2, 0) is 11.3 Å². The van der Waals surface area contributed by atoms with Crippen LogP contribution < -0.4 is 0 Å². The highest BCUT2D eigenvalue weighted by atomic mass is 16.5. The van der Waals surface area contributed by atoms with Crippen LogP contribution in [-0.4, -0.2) is 69.9 Å². The number of aliphatic hydroxyl groups is 2. The Morgan fingerprint density at radius 2 is 2.09 bits per heavy atom. The van der Waals surface area contributed by atoms with Crippen LogP contribution in [0.25, 0.3) is 0 Å². The summed E-state index contributed by atoms with van der Waals surface area (Å²) in [5, 5.41) is 23.4. The third-order valence-corrected chi connectivity index (χ3v) is 4.16. The summed E-state index contributed by atoms with van der Waals surface area (Å²) in [5.41, 5.74) is 1.22. The van der Waals surface area contributed by atoms with E-state index in [1.807, 2.05) is 24.7 Å². The summed E-state index contributed by atoms with van der Waals surface area (Å²) < 4.78 is 7.36. The summed E-state index contributed by atoms with van der Waals surface area (Å²) >= 11 is 0. The molecule has 1 unspecified atom stereocenters. The first-order valence-electron chi connectivity index (χ1n) is 8.24. The Morgan fingerprint density at radius 1 is 1.36 bits per heavy atom. The first-order valence-corrected chi connectivity index (χ1v) is 8.24. The fourth-order valence-electron chi connectivity index (χ4n) is 3.04. The van der Waals surface area contributed by atoms with Crippen LogP contribution >= 0.6 is 0 Å². The maximum Gasteiger partial charge on any atom is 0.0900 e. The molecule has 2 heterocycles. The predicted molar refractivity (Wildman–Crippen MR) is 84.8 cm³/mol. The Kier molecular flexibility index (Phi) is 6.82. The minimum Gasteiger partial charge on any atom is -0.394 e. The summed E-state index contributed by atoms with van der Waals surface area (Å²) in [7, 11) is 0. The van der Waals surface area contributed by atoms with E-state index < -0.39 is 6.10 Å². The molecule has 0 spiro atoms. The average molecular weight is 311 g/mol. The third kappa shape index (κ3) is 5.05. The minimum atomic E-state index is -0.418. The largest absolute Gasteiger partial charge is 0.394 e. The number of aliphatic hydroxyl groups excluding tert-OH is 2. The van der Waals surface area contributed by atoms with Crippen LogP contribution in [0.15, 0.2) is 12.3 Å². The second-order valence-corrected chi connectivity index (χ2v) is 6.31. The van der Waals surface area contributed by atoms with Crippen LogP contribution in [0.3, 0.4) is 0 Å². The lowest BCUT2D eigenvalue weighted by molar-refractivity contribution is -0.0112. The van der Waals surface area contributed by atoms with Gasteiger partial charge >= 0.3 is 0 Å². The molecule has 1 saturated heterocycles. The topological polar surface area (TPSA) is 70.8 Å². The van der Waals surface area contributed by atoms with Gasteiger partial charge in [0.25, 0.3) is 0 Å². The Labute approximate surface area is 132 Å². The summed E-state index contributed by atoms with van der Waals surface area (Å²) in [5.74, 6) is 0.495. The second kappa shape index (κ2) is 8.62. The Bertz CT molecular complexity index is 428. The normalized spacial score (nSPS) is 19.0. The van der Waals surface area contributed by atoms with E-state index in [0.717, 1.165) is 25.9 Å². The number of β-amino-alcohol motifs (C(OH)–C–C–N with tert-alkyl or cyclic N) is 1. The van der Waals surface area contributed by atoms with Crippen molar-refractivity contribution in [2.45, 2.75) is 51.4 Å². The molecule has 1 aromatic heterocycles. The van der Waals surface area contributed by atoms with Gasteiger partial charge in [0.2, 0.25) is 0 Å². The van der Waals surface area contributed by atoms with Crippen molar-refractivity contribution in [2.24, 2.45) is 0 Å². The van der Waals surface area contributed by atoms with E-state index in [4.69, 9.17) is 9.84 Å². The molecule has 126 valence electrons. The highest BCUT2D eigenvalue weighted by Gasteiger charge is 2.24. The zero-order chi connectivity index (χ0) is 15.9. The molecular weight excluding hydrogens is 282 g/mol. The number of ether oxygens (including phenoxy) is 1. The van der Waals surface area contributed by atoms with E-state index >= 15 is 0 Å². The van der Waals surface area contributed by atoms with Crippen LogP contribution in [0.4, 0.5) is 0 Å². The van der Waals surface area contributed by atoms with Gasteiger partial charge < -0.3 is 19.8 Å². The quantitative estimate of drug-likeness (QED) is 0.744. The summed E-state index contributed by atoms with van der Waals surface area (Å²) in [6.07, 6.45) is 3.68. The maximum absolute atomic E-state index is 10.0. The fraction of sp³-hybridized carbons (Fsp3) is 0.812. The van der Waals surface area contributed by atoms with E-state index in [2.05, 4.69) is 16.1 Å². The number of hydrogen-bond acceptors (Lipinski definition) is 5. The van der Waals surface area contributed by atoms with Crippen molar-refractivity contribution in [3.63, 3.8) is 0 Å². The molecule has 0 amide bonds. The first-order chi connectivity index (χ1) is 10.6. The SMILES string of the molecule is CC(C)OCC(O)CN1CCC(c2ccnn2CCO)CC1. The molecule has 6 nitrogen and oxygen atoms in total. The number of aromatic nitrogens is 2. The highest BCUT2D eigenvalue weighted by molar-refractivity contribution is 5.09. The Morgan fingerprint density at radius 3 is 2.73 bits per heavy atom. The van der Waals surface area contributed by atoms with Crippen molar-refractivity contribution in [3.05, 3.63) is 18.0 Å². The van der Waals surface area contributed by atoms with E-state index in [1.165, 1.54) is 5.69 Å². The van der Waals surface area contributed by atoms with Crippen LogP contribution in [0.1, 0.15) is 38.3 Å². The van der Waals surface area contributed by atoms with Crippen molar-refractivity contribution in [2.75, 3.05) is 32.8 Å². The molecular formula is C16H29N3O3. The monoisotopic (exact) mass is 311 g/mol. The van der Waals surface area contributed by atoms with Crippen molar-refractivity contribution >= 4 is 0 Å². The van der Waals surface area contributed by atoms with Crippen molar-refractivity contribution < 1.29 is 14.9 Å². The minimum absolute atomic E-state index is 0.121. The zero-order valence-electron chi connectivity index (χ0n) is 13.7. The van der Waals surface area contributed by atoms with Gasteiger partial charge in [-0.05, 0) is 45.8 Å². The number of nitrogens with zero attached hydrogens (tertiary/aromatic N) is 3. The molecule has 0 saturated carbocycles. The lowest BCUT2D eigenvalue weighted by atomic mass is 9.93. The maximum atomic E-state index is 10.0. The Balaban J connectivity index is 1.76. The van der Waals surface area contributed by atoms with Gasteiger partial charge in [0.05, 0.1) is 32.0 Å². The van der Waals surface area contributed by atoms with Gasteiger partial charge in [0.15, 0.2) is 0 Å². The van der Waals surface area contributed by atoms with Gasteiger partial charge in [-0.2, -0.15) is 5.10 Å². The lowest BCUT2D eigenvalue weighted by Gasteiger charge is -2.33. The summed E-state index contributed by atoms with van der Waals surface area (Å²) in [4.78, 5) is 2.30. The van der Waals surface area contributed by atoms with Crippen molar-refractivity contribution in [1.29, 1.82) is 0 Å². The molecule has 6 heteroatoms. The predicted octanol–water partition coefficient (Wildman–Crippen LogP) is 0.841. The molecule has 0 aromatic carbocycles. The highest BCUT2D eigenvalue weighted by Crippen LogP contribution is 2.27. The van der Waals surface area contributed by atoms with Gasteiger partial charge in [-0.15, -0.1) is 0 Å². The molecule has 2 rings (SSSR count). The van der Waals surface area contributed by atoms with Gasteiger partial charge in [0, 0.05) is 24.4 Å². The molecule has 0 bridgehead atoms. The van der Waals surface area contributed by atoms with Crippen LogP contribution in [0.5, 0.6) is 0 Å². The first kappa shape index (κ1) is 17.4. The van der Waals surface area contributed by atoms with Crippen LogP contribution in [0, 0.1) is 0 Å². The molecule has 2 N–H and O–H groups in total. The standard InChI is InChI=1S/C16H29N3O3/c1-13(2)22-12-15(21)11-18-7-4-14(5-8-18)16-3-6-17-19(16)9-10-20/h3,6,13-15,20-21H,4-5,7-12H2,1-2H3. The van der Waals surface area contributed by atoms with E-state index in [1.54, 1.807) is 0 Å². The fourth-order valence-corrected chi connectivity index (χ4v) is 3.04. The molecule has 22 heavy (non-hydrogen) atoms. The lowest BCUT2D eigenvalue weighted by Crippen LogP contribution is -2.40. The molecule has 1 aromatic rings. The van der Waals surface area contributed by atoms with E-state index in [-0.39, 0.29) is 12.7 Å².